The molecule has 0 aliphatic rings. The Hall–Kier alpha value is -2.37. The largest absolute Gasteiger partial charge is 0.416 e. The maximum atomic E-state index is 12.8. The predicted molar refractivity (Wildman–Crippen MR) is 70.3 cm³/mol. The molecule has 6 heteroatoms. The molecule has 0 atom stereocenters. The molecule has 2 aromatic rings. The van der Waals surface area contributed by atoms with Gasteiger partial charge in [-0.3, -0.25) is 4.79 Å². The van der Waals surface area contributed by atoms with Crippen molar-refractivity contribution >= 4 is 11.5 Å². The van der Waals surface area contributed by atoms with Gasteiger partial charge >= 0.3 is 6.18 Å². The predicted octanol–water partition coefficient (Wildman–Crippen LogP) is 3.85. The fourth-order valence-corrected chi connectivity index (χ4v) is 1.86. The summed E-state index contributed by atoms with van der Waals surface area (Å²) in [4.78, 5) is 12.1. The first-order valence-corrected chi connectivity index (χ1v) is 6.02. The van der Waals surface area contributed by atoms with Gasteiger partial charge in [0, 0.05) is 17.7 Å². The number of Topliss-reactive ketones (excluding diaryl/α,β-unsaturated/α-hetero) is 1. The molecular formula is C15H11F4NO. The minimum absolute atomic E-state index is 0.0184. The summed E-state index contributed by atoms with van der Waals surface area (Å²) in [5.41, 5.74) is 4.93. The van der Waals surface area contributed by atoms with Gasteiger partial charge in [0.15, 0.2) is 5.78 Å². The number of rotatable bonds is 3. The Morgan fingerprint density at radius 1 is 1.05 bits per heavy atom. The molecule has 0 aromatic heterocycles. The normalized spacial score (nSPS) is 11.4. The first kappa shape index (κ1) is 15.0. The number of ketones is 1. The first-order valence-electron chi connectivity index (χ1n) is 6.02. The number of carbonyl (C=O) groups is 1. The second-order valence-corrected chi connectivity index (χ2v) is 4.53. The minimum Gasteiger partial charge on any atom is -0.398 e. The maximum Gasteiger partial charge on any atom is 0.416 e. The molecule has 0 amide bonds. The molecule has 2 N–H and O–H groups in total. The van der Waals surface area contributed by atoms with Gasteiger partial charge < -0.3 is 5.73 Å². The van der Waals surface area contributed by atoms with Crippen LogP contribution < -0.4 is 5.73 Å². The number of hydrogen-bond acceptors (Lipinski definition) is 2. The number of hydrogen-bond donors (Lipinski definition) is 1. The van der Waals surface area contributed by atoms with Crippen molar-refractivity contribution in [3.63, 3.8) is 0 Å². The van der Waals surface area contributed by atoms with E-state index in [0.29, 0.717) is 5.56 Å². The molecule has 0 unspecified atom stereocenters. The summed E-state index contributed by atoms with van der Waals surface area (Å²) in [6, 6.07) is 7.77. The molecule has 0 bridgehead atoms. The molecule has 0 radical (unpaired) electrons. The van der Waals surface area contributed by atoms with Gasteiger partial charge in [0.05, 0.1) is 5.56 Å². The Bertz CT molecular complexity index is 662. The first-order chi connectivity index (χ1) is 9.77. The maximum absolute atomic E-state index is 12.8. The number of nitrogens with two attached hydrogens (primary N) is 1. The lowest BCUT2D eigenvalue weighted by molar-refractivity contribution is -0.137. The SMILES string of the molecule is Nc1ccc(C(F)(F)F)cc1C(=O)Cc1ccc(F)cc1. The highest BCUT2D eigenvalue weighted by Gasteiger charge is 2.31. The fraction of sp³-hybridized carbons (Fsp3) is 0.133. The van der Waals surface area contributed by atoms with E-state index in [1.54, 1.807) is 0 Å². The van der Waals surface area contributed by atoms with E-state index in [1.807, 2.05) is 0 Å². The highest BCUT2D eigenvalue weighted by molar-refractivity contribution is 6.02. The average Bonchev–Trinajstić information content (AvgIpc) is 2.40. The second-order valence-electron chi connectivity index (χ2n) is 4.53. The van der Waals surface area contributed by atoms with Gasteiger partial charge in [-0.25, -0.2) is 4.39 Å². The van der Waals surface area contributed by atoms with Gasteiger partial charge in [0.25, 0.3) is 0 Å². The monoisotopic (exact) mass is 297 g/mol. The van der Waals surface area contributed by atoms with Gasteiger partial charge in [0.1, 0.15) is 5.82 Å². The lowest BCUT2D eigenvalue weighted by Crippen LogP contribution is -2.11. The molecular weight excluding hydrogens is 286 g/mol. The third-order valence-electron chi connectivity index (χ3n) is 2.96. The summed E-state index contributed by atoms with van der Waals surface area (Å²) < 4.78 is 50.7. The molecule has 0 aliphatic carbocycles. The third kappa shape index (κ3) is 3.59. The van der Waals surface area contributed by atoms with Crippen LogP contribution in [0.3, 0.4) is 0 Å². The van der Waals surface area contributed by atoms with Crippen LogP contribution in [0.1, 0.15) is 21.5 Å². The number of halogens is 4. The van der Waals surface area contributed by atoms with E-state index in [1.165, 1.54) is 24.3 Å². The van der Waals surface area contributed by atoms with Gasteiger partial charge in [-0.2, -0.15) is 13.2 Å². The van der Waals surface area contributed by atoms with E-state index in [2.05, 4.69) is 0 Å². The number of anilines is 1. The summed E-state index contributed by atoms with van der Waals surface area (Å²) in [6.07, 6.45) is -4.69. The van der Waals surface area contributed by atoms with Gasteiger partial charge in [-0.15, -0.1) is 0 Å². The van der Waals surface area contributed by atoms with Crippen LogP contribution in [0.25, 0.3) is 0 Å². The van der Waals surface area contributed by atoms with E-state index in [4.69, 9.17) is 5.73 Å². The molecule has 0 aliphatic heterocycles. The number of nitrogen functional groups attached to an aromatic ring is 1. The average molecular weight is 297 g/mol. The number of carbonyl (C=O) groups excluding carboxylic acids is 1. The van der Waals surface area contributed by atoms with Gasteiger partial charge in [0.2, 0.25) is 0 Å². The lowest BCUT2D eigenvalue weighted by atomic mass is 9.99. The van der Waals surface area contributed by atoms with Gasteiger partial charge in [-0.05, 0) is 35.9 Å². The Kier molecular flexibility index (Phi) is 3.97. The zero-order valence-electron chi connectivity index (χ0n) is 10.7. The summed E-state index contributed by atoms with van der Waals surface area (Å²) in [6.45, 7) is 0. The Morgan fingerprint density at radius 3 is 2.24 bits per heavy atom. The standard InChI is InChI=1S/C15H11F4NO/c16-11-4-1-9(2-5-11)7-14(21)12-8-10(15(17,18)19)3-6-13(12)20/h1-6,8H,7,20H2. The van der Waals surface area contributed by atoms with Crippen LogP contribution in [0.15, 0.2) is 42.5 Å². The number of benzene rings is 2. The summed E-state index contributed by atoms with van der Waals surface area (Å²) >= 11 is 0. The molecule has 0 saturated heterocycles. The zero-order chi connectivity index (χ0) is 15.6. The third-order valence-corrected chi connectivity index (χ3v) is 2.96. The molecule has 2 rings (SSSR count). The van der Waals surface area contributed by atoms with Crippen LogP contribution in [0.4, 0.5) is 23.2 Å². The Labute approximate surface area is 118 Å². The van der Waals surface area contributed by atoms with E-state index in [0.717, 1.165) is 18.2 Å². The van der Waals surface area contributed by atoms with Crippen molar-refractivity contribution in [1.29, 1.82) is 0 Å². The van der Waals surface area contributed by atoms with E-state index >= 15 is 0 Å². The van der Waals surface area contributed by atoms with Crippen LogP contribution in [0.5, 0.6) is 0 Å². The van der Waals surface area contributed by atoms with Crippen LogP contribution in [0, 0.1) is 5.82 Å². The summed E-state index contributed by atoms with van der Waals surface area (Å²) in [5, 5.41) is 0. The van der Waals surface area contributed by atoms with Crippen LogP contribution in [-0.4, -0.2) is 5.78 Å². The Morgan fingerprint density at radius 2 is 1.67 bits per heavy atom. The molecule has 21 heavy (non-hydrogen) atoms. The zero-order valence-corrected chi connectivity index (χ0v) is 10.7. The molecule has 2 nitrogen and oxygen atoms in total. The molecule has 2 aromatic carbocycles. The highest BCUT2D eigenvalue weighted by Crippen LogP contribution is 2.31. The van der Waals surface area contributed by atoms with Crippen molar-refractivity contribution in [2.75, 3.05) is 5.73 Å². The quantitative estimate of drug-likeness (QED) is 0.531. The van der Waals surface area contributed by atoms with Crippen molar-refractivity contribution in [2.45, 2.75) is 12.6 Å². The van der Waals surface area contributed by atoms with Crippen molar-refractivity contribution < 1.29 is 22.4 Å². The van der Waals surface area contributed by atoms with E-state index in [9.17, 15) is 22.4 Å². The summed E-state index contributed by atoms with van der Waals surface area (Å²) in [5.74, 6) is -1.00. The fourth-order valence-electron chi connectivity index (χ4n) is 1.86. The van der Waals surface area contributed by atoms with Crippen molar-refractivity contribution in [1.82, 2.24) is 0 Å². The summed E-state index contributed by atoms with van der Waals surface area (Å²) in [7, 11) is 0. The van der Waals surface area contributed by atoms with E-state index < -0.39 is 23.3 Å². The lowest BCUT2D eigenvalue weighted by Gasteiger charge is -2.10. The van der Waals surface area contributed by atoms with Crippen molar-refractivity contribution in [3.05, 3.63) is 65.0 Å². The van der Waals surface area contributed by atoms with Crippen molar-refractivity contribution in [3.8, 4) is 0 Å². The van der Waals surface area contributed by atoms with Crippen LogP contribution in [-0.2, 0) is 12.6 Å². The molecule has 0 fully saturated rings. The molecule has 110 valence electrons. The molecule has 0 spiro atoms. The molecule has 0 heterocycles. The van der Waals surface area contributed by atoms with Crippen LogP contribution in [0.2, 0.25) is 0 Å². The van der Waals surface area contributed by atoms with Gasteiger partial charge in [-0.1, -0.05) is 12.1 Å². The van der Waals surface area contributed by atoms with Crippen LogP contribution >= 0.6 is 0 Å². The van der Waals surface area contributed by atoms with E-state index in [-0.39, 0.29) is 17.7 Å². The Balaban J connectivity index is 2.28. The topological polar surface area (TPSA) is 43.1 Å². The smallest absolute Gasteiger partial charge is 0.398 e. The molecule has 0 saturated carbocycles. The highest BCUT2D eigenvalue weighted by atomic mass is 19.4. The van der Waals surface area contributed by atoms with Crippen molar-refractivity contribution in [2.24, 2.45) is 0 Å². The second kappa shape index (κ2) is 5.55. The number of alkyl halides is 3. The minimum atomic E-state index is -4.54.